The number of rotatable bonds is 5. The van der Waals surface area contributed by atoms with Gasteiger partial charge in [0.1, 0.15) is 17.6 Å². The lowest BCUT2D eigenvalue weighted by atomic mass is 10.2. The molecule has 6 nitrogen and oxygen atoms in total. The van der Waals surface area contributed by atoms with Crippen LogP contribution >= 0.6 is 11.6 Å². The van der Waals surface area contributed by atoms with Crippen LogP contribution < -0.4 is 20.5 Å². The first-order chi connectivity index (χ1) is 10.1. The highest BCUT2D eigenvalue weighted by molar-refractivity contribution is 6.32. The van der Waals surface area contributed by atoms with Gasteiger partial charge in [-0.15, -0.1) is 0 Å². The van der Waals surface area contributed by atoms with Crippen molar-refractivity contribution in [2.75, 3.05) is 26.1 Å². The Kier molecular flexibility index (Phi) is 5.27. The lowest BCUT2D eigenvalue weighted by molar-refractivity contribution is -0.126. The van der Waals surface area contributed by atoms with E-state index in [0.717, 1.165) is 6.42 Å². The molecule has 1 fully saturated rings. The third-order valence-corrected chi connectivity index (χ3v) is 3.69. The van der Waals surface area contributed by atoms with Crippen LogP contribution in [-0.4, -0.2) is 38.9 Å². The van der Waals surface area contributed by atoms with Gasteiger partial charge in [0.05, 0.1) is 31.0 Å². The molecule has 0 radical (unpaired) electrons. The molecule has 1 aliphatic rings. The largest absolute Gasteiger partial charge is 0.495 e. The van der Waals surface area contributed by atoms with Crippen LogP contribution in [0.4, 0.5) is 5.69 Å². The van der Waals surface area contributed by atoms with E-state index in [1.165, 1.54) is 14.2 Å². The van der Waals surface area contributed by atoms with E-state index in [-0.39, 0.29) is 12.0 Å². The van der Waals surface area contributed by atoms with E-state index in [9.17, 15) is 4.79 Å². The Labute approximate surface area is 128 Å². The molecule has 7 heteroatoms. The fraction of sp³-hybridized carbons (Fsp3) is 0.500. The summed E-state index contributed by atoms with van der Waals surface area (Å²) in [5.41, 5.74) is 6.02. The predicted octanol–water partition coefficient (Wildman–Crippen LogP) is 1.80. The van der Waals surface area contributed by atoms with Gasteiger partial charge in [0.15, 0.2) is 0 Å². The molecule has 3 N–H and O–H groups in total. The van der Waals surface area contributed by atoms with Gasteiger partial charge < -0.3 is 25.3 Å². The van der Waals surface area contributed by atoms with Crippen LogP contribution in [0, 0.1) is 0 Å². The van der Waals surface area contributed by atoms with Gasteiger partial charge >= 0.3 is 0 Å². The molecular formula is C14H19ClN2O4. The van der Waals surface area contributed by atoms with E-state index in [1.54, 1.807) is 12.1 Å². The maximum Gasteiger partial charge on any atom is 0.253 e. The van der Waals surface area contributed by atoms with E-state index in [2.05, 4.69) is 5.32 Å². The molecule has 21 heavy (non-hydrogen) atoms. The summed E-state index contributed by atoms with van der Waals surface area (Å²) in [4.78, 5) is 12.2. The maximum absolute atomic E-state index is 12.2. The van der Waals surface area contributed by atoms with E-state index in [4.69, 9.17) is 31.5 Å². The summed E-state index contributed by atoms with van der Waals surface area (Å²) in [6.45, 7) is 0.418. The molecule has 0 bridgehead atoms. The van der Waals surface area contributed by atoms with Gasteiger partial charge in [-0.25, -0.2) is 0 Å². The normalized spacial score (nSPS) is 21.1. The number of ether oxygens (including phenoxy) is 3. The van der Waals surface area contributed by atoms with Crippen molar-refractivity contribution in [3.63, 3.8) is 0 Å². The predicted molar refractivity (Wildman–Crippen MR) is 80.1 cm³/mol. The number of hydrogen-bond acceptors (Lipinski definition) is 5. The summed E-state index contributed by atoms with van der Waals surface area (Å²) in [5, 5.41) is 3.16. The molecule has 1 heterocycles. The Hall–Kier alpha value is -1.50. The number of anilines is 1. The average Bonchev–Trinajstić information content (AvgIpc) is 2.96. The van der Waals surface area contributed by atoms with Crippen molar-refractivity contribution in [2.45, 2.75) is 25.0 Å². The molecule has 1 amide bonds. The smallest absolute Gasteiger partial charge is 0.253 e. The van der Waals surface area contributed by atoms with Crippen LogP contribution in [0.2, 0.25) is 5.02 Å². The Morgan fingerprint density at radius 1 is 1.38 bits per heavy atom. The summed E-state index contributed by atoms with van der Waals surface area (Å²) < 4.78 is 15.9. The van der Waals surface area contributed by atoms with Crippen molar-refractivity contribution >= 4 is 23.2 Å². The number of carbonyl (C=O) groups excluding carboxylic acids is 1. The number of carbonyl (C=O) groups is 1. The first-order valence-corrected chi connectivity index (χ1v) is 7.04. The van der Waals surface area contributed by atoms with Gasteiger partial charge in [-0.1, -0.05) is 11.6 Å². The second-order valence-electron chi connectivity index (χ2n) is 4.74. The first kappa shape index (κ1) is 15.9. The number of nitrogens with two attached hydrogens (primary N) is 1. The molecule has 2 unspecified atom stereocenters. The van der Waals surface area contributed by atoms with Gasteiger partial charge in [-0.3, -0.25) is 4.79 Å². The van der Waals surface area contributed by atoms with Crippen LogP contribution in [0.5, 0.6) is 11.5 Å². The lowest BCUT2D eigenvalue weighted by Gasteiger charge is -2.16. The zero-order valence-electron chi connectivity index (χ0n) is 12.0. The van der Waals surface area contributed by atoms with Gasteiger partial charge in [0, 0.05) is 12.6 Å². The molecule has 2 atom stereocenters. The van der Waals surface area contributed by atoms with Gasteiger partial charge in [0.25, 0.3) is 5.91 Å². The topological polar surface area (TPSA) is 82.8 Å². The van der Waals surface area contributed by atoms with Crippen LogP contribution in [-0.2, 0) is 9.53 Å². The Morgan fingerprint density at radius 2 is 2.10 bits per heavy atom. The van der Waals surface area contributed by atoms with Crippen molar-refractivity contribution in [2.24, 2.45) is 5.73 Å². The summed E-state index contributed by atoms with van der Waals surface area (Å²) >= 11 is 6.07. The highest BCUT2D eigenvalue weighted by Gasteiger charge is 2.30. The quantitative estimate of drug-likeness (QED) is 0.866. The number of nitrogens with one attached hydrogen (secondary N) is 1. The molecule has 1 aromatic carbocycles. The molecule has 0 aromatic heterocycles. The second kappa shape index (κ2) is 6.98. The minimum atomic E-state index is -0.496. The highest BCUT2D eigenvalue weighted by Crippen LogP contribution is 2.36. The molecule has 0 aliphatic carbocycles. The van der Waals surface area contributed by atoms with Crippen LogP contribution in [0.3, 0.4) is 0 Å². The minimum Gasteiger partial charge on any atom is -0.495 e. The minimum absolute atomic E-state index is 0.0536. The highest BCUT2D eigenvalue weighted by atomic mass is 35.5. The fourth-order valence-electron chi connectivity index (χ4n) is 2.24. The first-order valence-electron chi connectivity index (χ1n) is 6.67. The molecule has 0 saturated carbocycles. The average molecular weight is 315 g/mol. The number of halogens is 1. The molecular weight excluding hydrogens is 296 g/mol. The lowest BCUT2D eigenvalue weighted by Crippen LogP contribution is -2.29. The zero-order valence-corrected chi connectivity index (χ0v) is 12.8. The maximum atomic E-state index is 12.2. The monoisotopic (exact) mass is 314 g/mol. The molecule has 116 valence electrons. The fourth-order valence-corrected chi connectivity index (χ4v) is 2.48. The zero-order chi connectivity index (χ0) is 15.4. The van der Waals surface area contributed by atoms with Crippen LogP contribution in [0.15, 0.2) is 12.1 Å². The summed E-state index contributed by atoms with van der Waals surface area (Å²) in [6.07, 6.45) is 0.890. The van der Waals surface area contributed by atoms with E-state index in [0.29, 0.717) is 35.2 Å². The molecule has 1 aromatic rings. The Bertz CT molecular complexity index is 524. The molecule has 1 aliphatic heterocycles. The number of amides is 1. The Morgan fingerprint density at radius 3 is 2.67 bits per heavy atom. The summed E-state index contributed by atoms with van der Waals surface area (Å²) in [6, 6.07) is 3.21. The number of benzene rings is 1. The van der Waals surface area contributed by atoms with Crippen molar-refractivity contribution in [3.05, 3.63) is 17.2 Å². The third kappa shape index (κ3) is 3.58. The van der Waals surface area contributed by atoms with E-state index < -0.39 is 6.10 Å². The van der Waals surface area contributed by atoms with Gasteiger partial charge in [-0.05, 0) is 18.9 Å². The van der Waals surface area contributed by atoms with Crippen molar-refractivity contribution in [1.29, 1.82) is 0 Å². The van der Waals surface area contributed by atoms with Crippen LogP contribution in [0.1, 0.15) is 12.8 Å². The van der Waals surface area contributed by atoms with Crippen molar-refractivity contribution < 1.29 is 19.0 Å². The summed E-state index contributed by atoms with van der Waals surface area (Å²) in [5.74, 6) is 0.718. The standard InChI is InChI=1S/C14H19ClN2O4/c1-19-12-6-13(20-2)10(5-9(12)15)17-14(18)11-4-3-8(7-16)21-11/h5-6,8,11H,3-4,7,16H2,1-2H3,(H,17,18). The molecule has 2 rings (SSSR count). The van der Waals surface area contributed by atoms with E-state index in [1.807, 2.05) is 0 Å². The van der Waals surface area contributed by atoms with Gasteiger partial charge in [0.2, 0.25) is 0 Å². The van der Waals surface area contributed by atoms with Crippen molar-refractivity contribution in [1.82, 2.24) is 0 Å². The molecule has 1 saturated heterocycles. The van der Waals surface area contributed by atoms with E-state index >= 15 is 0 Å². The molecule has 0 spiro atoms. The number of methoxy groups -OCH3 is 2. The SMILES string of the molecule is COc1cc(OC)c(NC(=O)C2CCC(CN)O2)cc1Cl. The third-order valence-electron chi connectivity index (χ3n) is 3.39. The van der Waals surface area contributed by atoms with Gasteiger partial charge in [-0.2, -0.15) is 0 Å². The Balaban J connectivity index is 2.12. The van der Waals surface area contributed by atoms with Crippen molar-refractivity contribution in [3.8, 4) is 11.5 Å². The summed E-state index contributed by atoms with van der Waals surface area (Å²) in [7, 11) is 3.02. The number of hydrogen-bond donors (Lipinski definition) is 2. The second-order valence-corrected chi connectivity index (χ2v) is 5.14. The van der Waals surface area contributed by atoms with Crippen LogP contribution in [0.25, 0.3) is 0 Å².